The van der Waals surface area contributed by atoms with Gasteiger partial charge in [0.2, 0.25) is 5.88 Å². The molecule has 1 aliphatic heterocycles. The number of carbonyl (C=O) groups is 1. The van der Waals surface area contributed by atoms with Crippen molar-refractivity contribution in [1.29, 1.82) is 5.26 Å². The van der Waals surface area contributed by atoms with E-state index < -0.39 is 6.71 Å². The lowest BCUT2D eigenvalue weighted by atomic mass is 9.41. The first-order valence-corrected chi connectivity index (χ1v) is 8.72. The van der Waals surface area contributed by atoms with Crippen LogP contribution in [0.3, 0.4) is 0 Å². The number of hydrogen-bond donors (Lipinski definition) is 2. The molecule has 27 heavy (non-hydrogen) atoms. The van der Waals surface area contributed by atoms with Gasteiger partial charge in [0.25, 0.3) is 0 Å². The topological polar surface area (TPSA) is 90.8 Å². The maximum atomic E-state index is 12.9. The highest BCUT2D eigenvalue weighted by molar-refractivity contribution is 6.98. The van der Waals surface area contributed by atoms with Gasteiger partial charge in [0.15, 0.2) is 0 Å². The Kier molecular flexibility index (Phi) is 4.39. The monoisotopic (exact) mass is 356 g/mol. The molecule has 7 heteroatoms. The van der Waals surface area contributed by atoms with Crippen molar-refractivity contribution >= 4 is 23.8 Å². The van der Waals surface area contributed by atoms with E-state index in [0.717, 1.165) is 22.6 Å². The first-order valence-electron chi connectivity index (χ1n) is 8.72. The van der Waals surface area contributed by atoms with E-state index in [-0.39, 0.29) is 5.68 Å². The van der Waals surface area contributed by atoms with Crippen LogP contribution < -0.4 is 10.1 Å². The molecule has 0 atom stereocenters. The maximum absolute atomic E-state index is 12.9. The maximum Gasteiger partial charge on any atom is 0.351 e. The van der Waals surface area contributed by atoms with Crippen LogP contribution >= 0.6 is 0 Å². The number of nitrogens with zero attached hydrogens (tertiary/aromatic N) is 2. The van der Waals surface area contributed by atoms with E-state index in [1.807, 2.05) is 42.5 Å². The number of aryl methyl sites for hydroxylation is 1. The van der Waals surface area contributed by atoms with Gasteiger partial charge >= 0.3 is 6.71 Å². The number of nitriles is 1. The van der Waals surface area contributed by atoms with Crippen LogP contribution in [0.4, 0.5) is 11.4 Å². The van der Waals surface area contributed by atoms with Crippen LogP contribution in [-0.4, -0.2) is 29.5 Å². The quantitative estimate of drug-likeness (QED) is 0.696. The van der Waals surface area contributed by atoms with Gasteiger partial charge in [-0.15, -0.1) is 0 Å². The summed E-state index contributed by atoms with van der Waals surface area (Å²) in [5.41, 5.74) is 4.49. The minimum absolute atomic E-state index is 0.138. The number of aromatic nitrogens is 2. The van der Waals surface area contributed by atoms with Gasteiger partial charge in [0.05, 0.1) is 24.1 Å². The van der Waals surface area contributed by atoms with Gasteiger partial charge in [0.1, 0.15) is 5.68 Å². The van der Waals surface area contributed by atoms with E-state index in [9.17, 15) is 10.1 Å². The summed E-state index contributed by atoms with van der Waals surface area (Å²) in [4.78, 5) is 20.4. The fourth-order valence-electron chi connectivity index (χ4n) is 3.41. The van der Waals surface area contributed by atoms with Crippen molar-refractivity contribution in [3.8, 4) is 23.1 Å². The minimum atomic E-state index is -0.607. The van der Waals surface area contributed by atoms with Crippen LogP contribution in [0.15, 0.2) is 48.7 Å². The second kappa shape index (κ2) is 7.00. The minimum Gasteiger partial charge on any atom is -0.481 e. The summed E-state index contributed by atoms with van der Waals surface area (Å²) in [6.45, 7) is -0.607. The smallest absolute Gasteiger partial charge is 0.351 e. The molecule has 0 spiro atoms. The van der Waals surface area contributed by atoms with Crippen molar-refractivity contribution in [1.82, 2.24) is 9.97 Å². The molecule has 0 saturated heterocycles. The summed E-state index contributed by atoms with van der Waals surface area (Å²) >= 11 is 0. The van der Waals surface area contributed by atoms with Crippen LogP contribution in [0.25, 0.3) is 11.3 Å². The largest absolute Gasteiger partial charge is 0.481 e. The van der Waals surface area contributed by atoms with Gasteiger partial charge in [-0.3, -0.25) is 0 Å². The standard InChI is InChI=1S/C20H17BN4O2/c1-27-16-11-13(8-10-23-16)18-19(24-14-5-3-2-4-6-14)17-15(25-18)7-9-21(12-22)20(17)26/h2-6,8,10-11,24-25H,7,9H2,1H3. The van der Waals surface area contributed by atoms with Crippen LogP contribution in [-0.2, 0) is 6.42 Å². The molecule has 0 saturated carbocycles. The van der Waals surface area contributed by atoms with Gasteiger partial charge in [-0.25, -0.2) is 10.2 Å². The molecule has 0 fully saturated rings. The lowest BCUT2D eigenvalue weighted by molar-refractivity contribution is 0.107. The normalized spacial score (nSPS) is 13.0. The summed E-state index contributed by atoms with van der Waals surface area (Å²) < 4.78 is 5.24. The number of benzene rings is 1. The van der Waals surface area contributed by atoms with Crippen molar-refractivity contribution in [2.75, 3.05) is 12.4 Å². The third-order valence-corrected chi connectivity index (χ3v) is 4.76. The van der Waals surface area contributed by atoms with Crippen LogP contribution in [0.5, 0.6) is 5.88 Å². The highest BCUT2D eigenvalue weighted by Crippen LogP contribution is 2.39. The van der Waals surface area contributed by atoms with Gasteiger partial charge in [-0.05, 0) is 30.9 Å². The zero-order valence-electron chi connectivity index (χ0n) is 14.8. The Morgan fingerprint density at radius 2 is 2.11 bits per heavy atom. The SMILES string of the molecule is COc1cc(-c2[nH]c3c(c2Nc2ccccc2)C(=O)B(C#N)CC3)ccn1. The lowest BCUT2D eigenvalue weighted by Gasteiger charge is -2.15. The third kappa shape index (κ3) is 3.06. The van der Waals surface area contributed by atoms with Crippen molar-refractivity contribution in [2.24, 2.45) is 0 Å². The van der Waals surface area contributed by atoms with E-state index in [1.54, 1.807) is 13.3 Å². The lowest BCUT2D eigenvalue weighted by Crippen LogP contribution is -2.30. The predicted molar refractivity (Wildman–Crippen MR) is 105 cm³/mol. The molecule has 0 amide bonds. The number of rotatable bonds is 4. The van der Waals surface area contributed by atoms with E-state index >= 15 is 0 Å². The van der Waals surface area contributed by atoms with E-state index in [0.29, 0.717) is 29.9 Å². The van der Waals surface area contributed by atoms with Crippen molar-refractivity contribution in [2.45, 2.75) is 12.7 Å². The van der Waals surface area contributed by atoms with Crippen molar-refractivity contribution in [3.05, 3.63) is 59.9 Å². The number of H-pyrrole nitrogens is 1. The molecule has 1 aliphatic rings. The van der Waals surface area contributed by atoms with Crippen LogP contribution in [0.1, 0.15) is 16.1 Å². The van der Waals surface area contributed by atoms with Gasteiger partial charge in [0, 0.05) is 35.2 Å². The highest BCUT2D eigenvalue weighted by atomic mass is 16.5. The molecule has 4 rings (SSSR count). The summed E-state index contributed by atoms with van der Waals surface area (Å²) in [5, 5.41) is 12.7. The second-order valence-corrected chi connectivity index (χ2v) is 6.39. The molecule has 1 aromatic carbocycles. The number of ether oxygens (including phenoxy) is 1. The number of hydrogen-bond acceptors (Lipinski definition) is 5. The Morgan fingerprint density at radius 3 is 2.85 bits per heavy atom. The number of carbonyl (C=O) groups excluding carboxylic acids is 1. The molecule has 132 valence electrons. The summed E-state index contributed by atoms with van der Waals surface area (Å²) in [6, 6.07) is 13.3. The number of para-hydroxylation sites is 1. The summed E-state index contributed by atoms with van der Waals surface area (Å²) in [6.07, 6.45) is 2.86. The Labute approximate surface area is 157 Å². The molecular formula is C20H17BN4O2. The number of pyridine rings is 1. The zero-order chi connectivity index (χ0) is 18.8. The molecule has 2 aromatic heterocycles. The average molecular weight is 356 g/mol. The molecule has 0 bridgehead atoms. The molecular weight excluding hydrogens is 339 g/mol. The second-order valence-electron chi connectivity index (χ2n) is 6.39. The molecule has 0 aliphatic carbocycles. The fraction of sp³-hybridized carbons (Fsp3) is 0.150. The third-order valence-electron chi connectivity index (χ3n) is 4.76. The first kappa shape index (κ1) is 16.9. The van der Waals surface area contributed by atoms with Crippen molar-refractivity contribution in [3.63, 3.8) is 0 Å². The zero-order valence-corrected chi connectivity index (χ0v) is 14.8. The van der Waals surface area contributed by atoms with Crippen LogP contribution in [0, 0.1) is 11.2 Å². The Morgan fingerprint density at radius 1 is 1.30 bits per heavy atom. The van der Waals surface area contributed by atoms with E-state index in [2.05, 4.69) is 21.3 Å². The van der Waals surface area contributed by atoms with Gasteiger partial charge in [-0.1, -0.05) is 18.2 Å². The molecule has 0 radical (unpaired) electrons. The molecule has 3 aromatic rings. The van der Waals surface area contributed by atoms with Crippen LogP contribution in [0.2, 0.25) is 6.32 Å². The number of anilines is 2. The van der Waals surface area contributed by atoms with Gasteiger partial charge in [-0.2, -0.15) is 0 Å². The van der Waals surface area contributed by atoms with E-state index in [4.69, 9.17) is 4.74 Å². The summed E-state index contributed by atoms with van der Waals surface area (Å²) in [5.74, 6) is 2.62. The highest BCUT2D eigenvalue weighted by Gasteiger charge is 2.36. The Hall–Kier alpha value is -3.53. The Bertz CT molecular complexity index is 1040. The first-order chi connectivity index (χ1) is 13.2. The molecule has 0 unspecified atom stereocenters. The van der Waals surface area contributed by atoms with Gasteiger partial charge < -0.3 is 19.8 Å². The fourth-order valence-corrected chi connectivity index (χ4v) is 3.41. The average Bonchev–Trinajstić information content (AvgIpc) is 3.08. The van der Waals surface area contributed by atoms with E-state index in [1.165, 1.54) is 0 Å². The molecule has 6 nitrogen and oxygen atoms in total. The number of aromatic amines is 1. The molecule has 2 N–H and O–H groups in total. The number of nitrogens with one attached hydrogen (secondary N) is 2. The molecule has 3 heterocycles. The van der Waals surface area contributed by atoms with Crippen molar-refractivity contribution < 1.29 is 9.53 Å². The number of fused-ring (bicyclic) bond motifs is 1. The number of methoxy groups -OCH3 is 1. The summed E-state index contributed by atoms with van der Waals surface area (Å²) in [7, 11) is 1.57. The Balaban J connectivity index is 1.88. The predicted octanol–water partition coefficient (Wildman–Crippen LogP) is 3.66.